The summed E-state index contributed by atoms with van der Waals surface area (Å²) in [6.07, 6.45) is 2.47. The molecule has 0 saturated heterocycles. The maximum Gasteiger partial charge on any atom is 0.373 e. The number of thiophene rings is 2. The van der Waals surface area contributed by atoms with Crippen molar-refractivity contribution in [2.45, 2.75) is 23.1 Å². The molecule has 0 saturated carbocycles. The molecule has 44 heavy (non-hydrogen) atoms. The Morgan fingerprint density at radius 1 is 0.682 bits per heavy atom. The lowest BCUT2D eigenvalue weighted by Gasteiger charge is -2.06. The first kappa shape index (κ1) is 32.7. The van der Waals surface area contributed by atoms with Gasteiger partial charge >= 0.3 is 12.1 Å². The third kappa shape index (κ3) is 7.65. The highest BCUT2D eigenvalue weighted by Gasteiger charge is 2.18. The highest BCUT2D eigenvalue weighted by Crippen LogP contribution is 2.42. The van der Waals surface area contributed by atoms with Crippen LogP contribution in [0.4, 0.5) is 0 Å². The molecule has 226 valence electrons. The molecule has 0 unspecified atom stereocenters. The molecule has 2 aromatic heterocycles. The van der Waals surface area contributed by atoms with E-state index in [4.69, 9.17) is 9.59 Å². The standard InChI is InChI=1S/C31H26O6S4.CO2/c1-19-15-27(20-7-11-25(12-8-20)40(2,34)35)38-30(19)22-5-4-6-23(16-22)31-24(18-29(32)33)17-28(39-31)21-9-13-26(14-10-21)41(3,36)37;2-1-3/h4-17H,18H2,1-3H3,(H,32,33);. The molecule has 0 aliphatic rings. The number of carboxylic acid groups (broad SMARTS) is 1. The molecule has 0 aliphatic heterocycles. The van der Waals surface area contributed by atoms with Crippen molar-refractivity contribution >= 4 is 54.5 Å². The third-order valence-corrected chi connectivity index (χ3v) is 11.5. The Kier molecular flexibility index (Phi) is 9.82. The Morgan fingerprint density at radius 3 is 1.57 bits per heavy atom. The van der Waals surface area contributed by atoms with E-state index in [2.05, 4.69) is 12.1 Å². The van der Waals surface area contributed by atoms with E-state index < -0.39 is 25.6 Å². The summed E-state index contributed by atoms with van der Waals surface area (Å²) in [5.74, 6) is -0.931. The fourth-order valence-corrected chi connectivity index (χ4v) is 8.17. The first-order chi connectivity index (χ1) is 20.7. The molecule has 0 spiro atoms. The van der Waals surface area contributed by atoms with E-state index in [-0.39, 0.29) is 22.4 Å². The van der Waals surface area contributed by atoms with Crippen LogP contribution in [0.3, 0.4) is 0 Å². The van der Waals surface area contributed by atoms with Crippen LogP contribution in [0.1, 0.15) is 11.1 Å². The van der Waals surface area contributed by atoms with Crippen LogP contribution in [0.5, 0.6) is 0 Å². The van der Waals surface area contributed by atoms with Gasteiger partial charge in [0.1, 0.15) is 0 Å². The minimum absolute atomic E-state index is 0.136. The average Bonchev–Trinajstić information content (AvgIpc) is 3.56. The van der Waals surface area contributed by atoms with E-state index in [9.17, 15) is 26.7 Å². The van der Waals surface area contributed by atoms with Crippen molar-refractivity contribution in [3.63, 3.8) is 0 Å². The van der Waals surface area contributed by atoms with Crippen molar-refractivity contribution in [2.75, 3.05) is 12.5 Å². The fraction of sp³-hybridized carbons (Fsp3) is 0.125. The number of aliphatic carboxylic acids is 1. The summed E-state index contributed by atoms with van der Waals surface area (Å²) in [6, 6.07) is 25.4. The molecule has 0 aliphatic carbocycles. The van der Waals surface area contributed by atoms with Crippen molar-refractivity contribution in [3.8, 4) is 41.8 Å². The number of hydrogen-bond acceptors (Lipinski definition) is 9. The van der Waals surface area contributed by atoms with E-state index in [0.717, 1.165) is 53.6 Å². The number of aryl methyl sites for hydroxylation is 1. The van der Waals surface area contributed by atoms with Crippen molar-refractivity contribution in [1.29, 1.82) is 0 Å². The second-order valence-electron chi connectivity index (χ2n) is 9.92. The van der Waals surface area contributed by atoms with Gasteiger partial charge in [0.2, 0.25) is 0 Å². The normalized spacial score (nSPS) is 11.3. The molecule has 0 bridgehead atoms. The van der Waals surface area contributed by atoms with Crippen LogP contribution in [-0.4, -0.2) is 46.6 Å². The van der Waals surface area contributed by atoms with Crippen LogP contribution in [0, 0.1) is 6.92 Å². The highest BCUT2D eigenvalue weighted by molar-refractivity contribution is 7.91. The van der Waals surface area contributed by atoms with Crippen LogP contribution in [0.25, 0.3) is 41.8 Å². The molecule has 8 nitrogen and oxygen atoms in total. The number of hydrogen-bond donors (Lipinski definition) is 1. The monoisotopic (exact) mass is 666 g/mol. The Bertz CT molecular complexity index is 2080. The predicted molar refractivity (Wildman–Crippen MR) is 171 cm³/mol. The molecular formula is C32H26O8S4. The Morgan fingerprint density at radius 2 is 1.11 bits per heavy atom. The lowest BCUT2D eigenvalue weighted by atomic mass is 10.0. The van der Waals surface area contributed by atoms with Gasteiger partial charge in [0, 0.05) is 32.0 Å². The molecule has 0 atom stereocenters. The van der Waals surface area contributed by atoms with Crippen LogP contribution < -0.4 is 0 Å². The summed E-state index contributed by atoms with van der Waals surface area (Å²) in [4.78, 5) is 32.3. The van der Waals surface area contributed by atoms with E-state index in [1.54, 1.807) is 47.7 Å². The molecular weight excluding hydrogens is 641 g/mol. The minimum Gasteiger partial charge on any atom is -0.481 e. The van der Waals surface area contributed by atoms with E-state index in [1.165, 1.54) is 17.6 Å². The lowest BCUT2D eigenvalue weighted by Crippen LogP contribution is -1.99. The molecule has 0 amide bonds. The van der Waals surface area contributed by atoms with Gasteiger partial charge in [-0.2, -0.15) is 9.59 Å². The Balaban J connectivity index is 0.00000141. The highest BCUT2D eigenvalue weighted by atomic mass is 32.2. The molecule has 1 N–H and O–H groups in total. The van der Waals surface area contributed by atoms with Crippen LogP contribution in [0.2, 0.25) is 0 Å². The summed E-state index contributed by atoms with van der Waals surface area (Å²) in [7, 11) is -6.59. The van der Waals surface area contributed by atoms with Gasteiger partial charge in [-0.25, -0.2) is 16.8 Å². The maximum atomic E-state index is 11.9. The number of sulfone groups is 2. The number of carboxylic acids is 1. The minimum atomic E-state index is -3.32. The summed E-state index contributed by atoms with van der Waals surface area (Å²) in [5, 5.41) is 9.59. The summed E-state index contributed by atoms with van der Waals surface area (Å²) >= 11 is 3.09. The van der Waals surface area contributed by atoms with Crippen molar-refractivity contribution in [2.24, 2.45) is 0 Å². The molecule has 12 heteroatoms. The zero-order valence-electron chi connectivity index (χ0n) is 23.7. The quantitative estimate of drug-likeness (QED) is 0.195. The Labute approximate surface area is 263 Å². The SMILES string of the molecule is Cc1cc(-c2ccc(S(C)(=O)=O)cc2)sc1-c1cccc(-c2sc(-c3ccc(S(C)(=O)=O)cc3)cc2CC(=O)O)c1.O=C=O. The smallest absolute Gasteiger partial charge is 0.373 e. The molecule has 5 rings (SSSR count). The van der Waals surface area contributed by atoms with Crippen molar-refractivity contribution < 1.29 is 36.3 Å². The Hall–Kier alpha value is -4.19. The maximum absolute atomic E-state index is 11.9. The number of benzene rings is 3. The lowest BCUT2D eigenvalue weighted by molar-refractivity contribution is -0.191. The fourth-order valence-electron chi connectivity index (χ4n) is 4.55. The van der Waals surface area contributed by atoms with Crippen LogP contribution >= 0.6 is 22.7 Å². The number of carbonyl (C=O) groups is 1. The van der Waals surface area contributed by atoms with Gasteiger partial charge in [-0.05, 0) is 82.8 Å². The van der Waals surface area contributed by atoms with Gasteiger partial charge in [0.15, 0.2) is 19.7 Å². The van der Waals surface area contributed by atoms with Crippen molar-refractivity contribution in [1.82, 2.24) is 0 Å². The largest absolute Gasteiger partial charge is 0.481 e. The topological polar surface area (TPSA) is 140 Å². The third-order valence-electron chi connectivity index (χ3n) is 6.59. The zero-order valence-corrected chi connectivity index (χ0v) is 27.0. The van der Waals surface area contributed by atoms with Gasteiger partial charge in [0.05, 0.1) is 16.2 Å². The second kappa shape index (κ2) is 13.2. The van der Waals surface area contributed by atoms with Crippen LogP contribution in [-0.2, 0) is 40.5 Å². The zero-order chi connectivity index (χ0) is 32.2. The van der Waals surface area contributed by atoms with Crippen molar-refractivity contribution in [3.05, 3.63) is 96.1 Å². The molecule has 5 aromatic rings. The van der Waals surface area contributed by atoms with Gasteiger partial charge in [-0.3, -0.25) is 4.79 Å². The second-order valence-corrected chi connectivity index (χ2v) is 16.1. The summed E-state index contributed by atoms with van der Waals surface area (Å²) in [5.41, 5.74) is 5.42. The number of rotatable bonds is 8. The molecule has 0 fully saturated rings. The van der Waals surface area contributed by atoms with Gasteiger partial charge in [-0.15, -0.1) is 22.7 Å². The van der Waals surface area contributed by atoms with Gasteiger partial charge in [0.25, 0.3) is 0 Å². The molecule has 3 aromatic carbocycles. The predicted octanol–water partition coefficient (Wildman–Crippen LogP) is 6.64. The summed E-state index contributed by atoms with van der Waals surface area (Å²) < 4.78 is 47.4. The number of carbonyl (C=O) groups excluding carboxylic acids is 2. The van der Waals surface area contributed by atoms with Crippen LogP contribution in [0.15, 0.2) is 94.7 Å². The van der Waals surface area contributed by atoms with Gasteiger partial charge < -0.3 is 5.11 Å². The van der Waals surface area contributed by atoms with E-state index in [1.807, 2.05) is 43.3 Å². The van der Waals surface area contributed by atoms with E-state index >= 15 is 0 Å². The molecule has 2 heterocycles. The molecule has 0 radical (unpaired) electrons. The van der Waals surface area contributed by atoms with E-state index in [0.29, 0.717) is 5.56 Å². The average molecular weight is 667 g/mol. The summed E-state index contributed by atoms with van der Waals surface area (Å²) in [6.45, 7) is 2.03. The van der Waals surface area contributed by atoms with Gasteiger partial charge in [-0.1, -0.05) is 42.5 Å². The first-order valence-electron chi connectivity index (χ1n) is 12.9. The first-order valence-corrected chi connectivity index (χ1v) is 18.3.